The molecule has 1 N–H and O–H groups in total. The van der Waals surface area contributed by atoms with Crippen molar-refractivity contribution < 1.29 is 4.74 Å². The van der Waals surface area contributed by atoms with Gasteiger partial charge in [-0.05, 0) is 11.6 Å². The van der Waals surface area contributed by atoms with Crippen molar-refractivity contribution >= 4 is 11.0 Å². The van der Waals surface area contributed by atoms with Crippen LogP contribution in [0.5, 0.6) is 5.88 Å². The Morgan fingerprint density at radius 2 is 1.88 bits per heavy atom. The zero-order valence-electron chi connectivity index (χ0n) is 9.47. The Balaban J connectivity index is 2.23. The van der Waals surface area contributed by atoms with Gasteiger partial charge >= 0.3 is 0 Å². The maximum atomic E-state index is 5.16. The first kappa shape index (κ1) is 9.90. The summed E-state index contributed by atoms with van der Waals surface area (Å²) in [6, 6.07) is 14.0. The van der Waals surface area contributed by atoms with E-state index >= 15 is 0 Å². The number of aromatic nitrogens is 2. The van der Waals surface area contributed by atoms with E-state index in [1.165, 1.54) is 0 Å². The van der Waals surface area contributed by atoms with E-state index in [-0.39, 0.29) is 0 Å². The minimum atomic E-state index is 0.634. The number of methoxy groups -OCH3 is 1. The van der Waals surface area contributed by atoms with Crippen molar-refractivity contribution in [3.05, 3.63) is 48.7 Å². The molecule has 0 aliphatic carbocycles. The monoisotopic (exact) mass is 224 g/mol. The predicted octanol–water partition coefficient (Wildman–Crippen LogP) is 3.24. The molecule has 0 aliphatic rings. The lowest BCUT2D eigenvalue weighted by atomic mass is 10.1. The minimum Gasteiger partial charge on any atom is -0.481 e. The highest BCUT2D eigenvalue weighted by atomic mass is 16.5. The fourth-order valence-corrected chi connectivity index (χ4v) is 1.93. The third-order valence-electron chi connectivity index (χ3n) is 2.79. The average Bonchev–Trinajstić information content (AvgIpc) is 2.82. The second kappa shape index (κ2) is 3.94. The van der Waals surface area contributed by atoms with Crippen LogP contribution in [0.25, 0.3) is 22.2 Å². The minimum absolute atomic E-state index is 0.634. The van der Waals surface area contributed by atoms with Gasteiger partial charge in [0.15, 0.2) is 0 Å². The molecule has 0 aliphatic heterocycles. The number of rotatable bonds is 2. The van der Waals surface area contributed by atoms with E-state index in [2.05, 4.69) is 22.1 Å². The van der Waals surface area contributed by atoms with Gasteiger partial charge in [-0.25, -0.2) is 4.98 Å². The highest BCUT2D eigenvalue weighted by Gasteiger charge is 2.07. The Hall–Kier alpha value is -2.29. The number of H-pyrrole nitrogens is 1. The Kier molecular flexibility index (Phi) is 2.29. The molecule has 3 rings (SSSR count). The van der Waals surface area contributed by atoms with Crippen LogP contribution in [0.1, 0.15) is 0 Å². The van der Waals surface area contributed by atoms with Gasteiger partial charge in [-0.2, -0.15) is 0 Å². The highest BCUT2D eigenvalue weighted by molar-refractivity contribution is 5.92. The molecule has 0 amide bonds. The molecular formula is C14H12N2O. The maximum absolute atomic E-state index is 5.16. The van der Waals surface area contributed by atoms with Crippen molar-refractivity contribution in [1.82, 2.24) is 9.97 Å². The van der Waals surface area contributed by atoms with Crippen molar-refractivity contribution in [2.45, 2.75) is 0 Å². The van der Waals surface area contributed by atoms with Crippen LogP contribution in [0.2, 0.25) is 0 Å². The Labute approximate surface area is 99.1 Å². The van der Waals surface area contributed by atoms with Crippen molar-refractivity contribution in [2.75, 3.05) is 7.11 Å². The van der Waals surface area contributed by atoms with Crippen molar-refractivity contribution in [1.29, 1.82) is 0 Å². The molecule has 3 heteroatoms. The van der Waals surface area contributed by atoms with Gasteiger partial charge in [0.05, 0.1) is 18.1 Å². The zero-order valence-corrected chi connectivity index (χ0v) is 9.47. The normalized spacial score (nSPS) is 10.6. The van der Waals surface area contributed by atoms with Crippen LogP contribution in [0, 0.1) is 0 Å². The third-order valence-corrected chi connectivity index (χ3v) is 2.79. The summed E-state index contributed by atoms with van der Waals surface area (Å²) in [5, 5.41) is 0. The largest absolute Gasteiger partial charge is 0.481 e. The zero-order chi connectivity index (χ0) is 11.7. The standard InChI is InChI=1S/C14H12N2O/c1-17-13-8-7-12-14(16-13)11(9-15-12)10-5-3-2-4-6-10/h2-9,15H,1H3. The summed E-state index contributed by atoms with van der Waals surface area (Å²) in [6.45, 7) is 0. The molecule has 3 aromatic rings. The smallest absolute Gasteiger partial charge is 0.213 e. The number of hydrogen-bond donors (Lipinski definition) is 1. The highest BCUT2D eigenvalue weighted by Crippen LogP contribution is 2.28. The van der Waals surface area contributed by atoms with Gasteiger partial charge < -0.3 is 9.72 Å². The van der Waals surface area contributed by atoms with E-state index in [4.69, 9.17) is 4.74 Å². The van der Waals surface area contributed by atoms with Crippen LogP contribution in [0.15, 0.2) is 48.7 Å². The second-order valence-corrected chi connectivity index (χ2v) is 3.82. The van der Waals surface area contributed by atoms with Gasteiger partial charge in [0.25, 0.3) is 0 Å². The van der Waals surface area contributed by atoms with Gasteiger partial charge in [-0.15, -0.1) is 0 Å². The van der Waals surface area contributed by atoms with E-state index < -0.39 is 0 Å². The quantitative estimate of drug-likeness (QED) is 0.725. The van der Waals surface area contributed by atoms with Crippen molar-refractivity contribution in [3.8, 4) is 17.0 Å². The summed E-state index contributed by atoms with van der Waals surface area (Å²) in [6.07, 6.45) is 1.98. The number of nitrogens with one attached hydrogen (secondary N) is 1. The van der Waals surface area contributed by atoms with Crippen LogP contribution >= 0.6 is 0 Å². The molecule has 17 heavy (non-hydrogen) atoms. The number of fused-ring (bicyclic) bond motifs is 1. The molecule has 0 saturated carbocycles. The molecule has 0 saturated heterocycles. The van der Waals surface area contributed by atoms with Crippen molar-refractivity contribution in [3.63, 3.8) is 0 Å². The number of benzene rings is 1. The molecular weight excluding hydrogens is 212 g/mol. The molecule has 0 atom stereocenters. The van der Waals surface area contributed by atoms with Crippen LogP contribution in [-0.4, -0.2) is 17.1 Å². The van der Waals surface area contributed by atoms with Crippen LogP contribution in [-0.2, 0) is 0 Å². The first-order valence-electron chi connectivity index (χ1n) is 5.46. The first-order valence-corrected chi connectivity index (χ1v) is 5.46. The topological polar surface area (TPSA) is 37.9 Å². The van der Waals surface area contributed by atoms with Gasteiger partial charge in [0, 0.05) is 17.8 Å². The van der Waals surface area contributed by atoms with Gasteiger partial charge in [0.1, 0.15) is 0 Å². The second-order valence-electron chi connectivity index (χ2n) is 3.82. The summed E-state index contributed by atoms with van der Waals surface area (Å²) >= 11 is 0. The number of pyridine rings is 1. The van der Waals surface area contributed by atoms with Crippen LogP contribution in [0.4, 0.5) is 0 Å². The number of hydrogen-bond acceptors (Lipinski definition) is 2. The maximum Gasteiger partial charge on any atom is 0.213 e. The molecule has 0 spiro atoms. The van der Waals surface area contributed by atoms with E-state index in [9.17, 15) is 0 Å². The third kappa shape index (κ3) is 1.65. The summed E-state index contributed by atoms with van der Waals surface area (Å²) in [4.78, 5) is 7.70. The van der Waals surface area contributed by atoms with E-state index in [0.717, 1.165) is 22.2 Å². The molecule has 84 valence electrons. The molecule has 2 heterocycles. The van der Waals surface area contributed by atoms with Gasteiger partial charge in [-0.1, -0.05) is 30.3 Å². The number of ether oxygens (including phenoxy) is 1. The number of aromatic amines is 1. The molecule has 2 aromatic heterocycles. The van der Waals surface area contributed by atoms with E-state index in [1.807, 2.05) is 36.5 Å². The van der Waals surface area contributed by atoms with Crippen LogP contribution < -0.4 is 4.74 Å². The van der Waals surface area contributed by atoms with Gasteiger partial charge in [0.2, 0.25) is 5.88 Å². The lowest BCUT2D eigenvalue weighted by molar-refractivity contribution is 0.399. The van der Waals surface area contributed by atoms with Crippen LogP contribution in [0.3, 0.4) is 0 Å². The Bertz CT molecular complexity index is 644. The predicted molar refractivity (Wildman–Crippen MR) is 68.1 cm³/mol. The lowest BCUT2D eigenvalue weighted by Crippen LogP contribution is -1.87. The molecule has 0 bridgehead atoms. The molecule has 1 aromatic carbocycles. The lowest BCUT2D eigenvalue weighted by Gasteiger charge is -2.00. The Morgan fingerprint density at radius 3 is 2.65 bits per heavy atom. The van der Waals surface area contributed by atoms with Gasteiger partial charge in [-0.3, -0.25) is 0 Å². The summed E-state index contributed by atoms with van der Waals surface area (Å²) in [5.41, 5.74) is 4.21. The summed E-state index contributed by atoms with van der Waals surface area (Å²) < 4.78 is 5.16. The molecule has 0 fully saturated rings. The average molecular weight is 224 g/mol. The number of nitrogens with zero attached hydrogens (tertiary/aromatic N) is 1. The Morgan fingerprint density at radius 1 is 1.06 bits per heavy atom. The van der Waals surface area contributed by atoms with E-state index in [1.54, 1.807) is 7.11 Å². The molecule has 0 radical (unpaired) electrons. The molecule has 3 nitrogen and oxygen atoms in total. The van der Waals surface area contributed by atoms with Crippen molar-refractivity contribution in [2.24, 2.45) is 0 Å². The first-order chi connectivity index (χ1) is 8.38. The van der Waals surface area contributed by atoms with E-state index in [0.29, 0.717) is 5.88 Å². The molecule has 0 unspecified atom stereocenters. The SMILES string of the molecule is COc1ccc2[nH]cc(-c3ccccc3)c2n1. The summed E-state index contributed by atoms with van der Waals surface area (Å²) in [7, 11) is 1.63. The summed E-state index contributed by atoms with van der Waals surface area (Å²) in [5.74, 6) is 0.634. The fourth-order valence-electron chi connectivity index (χ4n) is 1.93. The fraction of sp³-hybridized carbons (Fsp3) is 0.0714.